The minimum Gasteiger partial charge on any atom is -0.387 e. The largest absolute Gasteiger partial charge is 0.387 e. The third kappa shape index (κ3) is 4.27. The number of aromatic amines is 1. The van der Waals surface area contributed by atoms with E-state index in [9.17, 15) is 9.90 Å². The number of carbonyl (C=O) groups is 1. The SMILES string of the molecule is Cc1ccc(NC(=O)N2CCCCC2)c(C(C)(C)C(O)c2cc(Cl)cc3cn[nH]c23)c1. The number of carbonyl (C=O) groups excluding carboxylic acids is 1. The number of nitrogens with zero attached hydrogens (tertiary/aromatic N) is 2. The Labute approximate surface area is 187 Å². The number of amides is 2. The fraction of sp³-hybridized carbons (Fsp3) is 0.417. The predicted molar refractivity (Wildman–Crippen MR) is 125 cm³/mol. The molecular weight excluding hydrogens is 412 g/mol. The molecule has 1 aliphatic heterocycles. The summed E-state index contributed by atoms with van der Waals surface area (Å²) in [5, 5.41) is 23.1. The molecule has 1 aromatic heterocycles. The summed E-state index contributed by atoms with van der Waals surface area (Å²) < 4.78 is 0. The Morgan fingerprint density at radius 1 is 1.23 bits per heavy atom. The minimum absolute atomic E-state index is 0.0891. The van der Waals surface area contributed by atoms with E-state index >= 15 is 0 Å². The van der Waals surface area contributed by atoms with E-state index in [0.717, 1.165) is 48.0 Å². The fourth-order valence-corrected chi connectivity index (χ4v) is 4.63. The summed E-state index contributed by atoms with van der Waals surface area (Å²) in [7, 11) is 0. The Bertz CT molecular complexity index is 1100. The molecule has 1 saturated heterocycles. The topological polar surface area (TPSA) is 81.2 Å². The Morgan fingerprint density at radius 2 is 1.97 bits per heavy atom. The summed E-state index contributed by atoms with van der Waals surface area (Å²) in [4.78, 5) is 14.7. The molecule has 2 aromatic carbocycles. The Morgan fingerprint density at radius 3 is 2.71 bits per heavy atom. The van der Waals surface area contributed by atoms with Crippen molar-refractivity contribution in [1.82, 2.24) is 15.1 Å². The van der Waals surface area contributed by atoms with Crippen LogP contribution in [0.15, 0.2) is 36.5 Å². The quantitative estimate of drug-likeness (QED) is 0.497. The monoisotopic (exact) mass is 440 g/mol. The number of urea groups is 1. The second-order valence-electron chi connectivity index (χ2n) is 8.98. The number of benzene rings is 2. The Kier molecular flexibility index (Phi) is 5.95. The summed E-state index contributed by atoms with van der Waals surface area (Å²) in [5.41, 5.74) is 3.38. The van der Waals surface area contributed by atoms with Crippen LogP contribution in [0.3, 0.4) is 0 Å². The lowest BCUT2D eigenvalue weighted by atomic mass is 9.75. The number of nitrogens with one attached hydrogen (secondary N) is 2. The first kappa shape index (κ1) is 21.7. The van der Waals surface area contributed by atoms with Crippen LogP contribution in [0, 0.1) is 6.92 Å². The van der Waals surface area contributed by atoms with E-state index in [0.29, 0.717) is 16.3 Å². The van der Waals surface area contributed by atoms with Gasteiger partial charge in [-0.25, -0.2) is 4.79 Å². The molecule has 164 valence electrons. The van der Waals surface area contributed by atoms with Crippen LogP contribution in [0.5, 0.6) is 0 Å². The average Bonchev–Trinajstić information content (AvgIpc) is 3.22. The van der Waals surface area contributed by atoms with Gasteiger partial charge in [0.05, 0.1) is 17.8 Å². The summed E-state index contributed by atoms with van der Waals surface area (Å²) in [5.74, 6) is 0. The van der Waals surface area contributed by atoms with Crippen molar-refractivity contribution in [2.24, 2.45) is 0 Å². The molecule has 1 atom stereocenters. The smallest absolute Gasteiger partial charge is 0.321 e. The predicted octanol–water partition coefficient (Wildman–Crippen LogP) is 5.55. The molecule has 3 N–H and O–H groups in total. The molecule has 6 nitrogen and oxygen atoms in total. The van der Waals surface area contributed by atoms with E-state index < -0.39 is 11.5 Å². The number of halogens is 1. The van der Waals surface area contributed by atoms with Crippen LogP contribution in [-0.2, 0) is 5.41 Å². The normalized spacial score (nSPS) is 15.8. The van der Waals surface area contributed by atoms with Crippen molar-refractivity contribution >= 4 is 34.2 Å². The molecule has 3 aromatic rings. The van der Waals surface area contributed by atoms with Crippen molar-refractivity contribution in [2.45, 2.75) is 51.6 Å². The number of aliphatic hydroxyl groups excluding tert-OH is 1. The lowest BCUT2D eigenvalue weighted by Crippen LogP contribution is -2.39. The number of hydrogen-bond donors (Lipinski definition) is 3. The molecule has 0 saturated carbocycles. The number of aromatic nitrogens is 2. The van der Waals surface area contributed by atoms with Crippen LogP contribution < -0.4 is 5.32 Å². The average molecular weight is 441 g/mol. The van der Waals surface area contributed by atoms with Gasteiger partial charge in [-0.3, -0.25) is 5.10 Å². The molecule has 0 radical (unpaired) electrons. The highest BCUT2D eigenvalue weighted by Crippen LogP contribution is 2.43. The van der Waals surface area contributed by atoms with Gasteiger partial charge in [0.2, 0.25) is 0 Å². The maximum atomic E-state index is 12.9. The van der Waals surface area contributed by atoms with Crippen molar-refractivity contribution in [3.63, 3.8) is 0 Å². The number of anilines is 1. The molecule has 31 heavy (non-hydrogen) atoms. The van der Waals surface area contributed by atoms with Crippen molar-refractivity contribution in [2.75, 3.05) is 18.4 Å². The number of likely N-dealkylation sites (tertiary alicyclic amines) is 1. The zero-order chi connectivity index (χ0) is 22.2. The number of rotatable bonds is 4. The molecule has 0 aliphatic carbocycles. The second kappa shape index (κ2) is 8.52. The molecule has 1 unspecified atom stereocenters. The van der Waals surface area contributed by atoms with Crippen LogP contribution in [0.4, 0.5) is 10.5 Å². The zero-order valence-electron chi connectivity index (χ0n) is 18.2. The molecule has 0 bridgehead atoms. The van der Waals surface area contributed by atoms with Gasteiger partial charge in [0, 0.05) is 40.2 Å². The number of fused-ring (bicyclic) bond motifs is 1. The molecule has 1 fully saturated rings. The van der Waals surface area contributed by atoms with Gasteiger partial charge in [-0.2, -0.15) is 5.10 Å². The molecular formula is C24H29ClN4O2. The maximum Gasteiger partial charge on any atom is 0.321 e. The van der Waals surface area contributed by atoms with Gasteiger partial charge in [0.25, 0.3) is 0 Å². The Balaban J connectivity index is 1.70. The van der Waals surface area contributed by atoms with Crippen LogP contribution in [0.1, 0.15) is 55.9 Å². The van der Waals surface area contributed by atoms with Gasteiger partial charge < -0.3 is 15.3 Å². The summed E-state index contributed by atoms with van der Waals surface area (Å²) in [6, 6.07) is 9.43. The lowest BCUT2D eigenvalue weighted by Gasteiger charge is -2.34. The number of hydrogen-bond acceptors (Lipinski definition) is 3. The number of aryl methyl sites for hydroxylation is 1. The summed E-state index contributed by atoms with van der Waals surface area (Å²) >= 11 is 6.32. The molecule has 4 rings (SSSR count). The van der Waals surface area contributed by atoms with Gasteiger partial charge >= 0.3 is 6.03 Å². The maximum absolute atomic E-state index is 12.9. The van der Waals surface area contributed by atoms with Crippen molar-refractivity contribution in [3.8, 4) is 0 Å². The van der Waals surface area contributed by atoms with Crippen LogP contribution in [-0.4, -0.2) is 39.3 Å². The highest BCUT2D eigenvalue weighted by atomic mass is 35.5. The van der Waals surface area contributed by atoms with E-state index in [4.69, 9.17) is 11.6 Å². The number of piperidine rings is 1. The first-order valence-corrected chi connectivity index (χ1v) is 11.1. The lowest BCUT2D eigenvalue weighted by molar-refractivity contribution is 0.102. The molecule has 0 spiro atoms. The zero-order valence-corrected chi connectivity index (χ0v) is 19.0. The first-order valence-electron chi connectivity index (χ1n) is 10.7. The third-order valence-corrected chi connectivity index (χ3v) is 6.49. The van der Waals surface area contributed by atoms with Crippen molar-refractivity contribution < 1.29 is 9.90 Å². The third-order valence-electron chi connectivity index (χ3n) is 6.28. The van der Waals surface area contributed by atoms with Gasteiger partial charge in [-0.1, -0.05) is 43.1 Å². The number of aliphatic hydroxyl groups is 1. The van der Waals surface area contributed by atoms with Crippen LogP contribution >= 0.6 is 11.6 Å². The van der Waals surface area contributed by atoms with Gasteiger partial charge in [0.15, 0.2) is 0 Å². The molecule has 1 aliphatic rings. The second-order valence-corrected chi connectivity index (χ2v) is 9.42. The van der Waals surface area contributed by atoms with Crippen molar-refractivity contribution in [1.29, 1.82) is 0 Å². The van der Waals surface area contributed by atoms with Crippen molar-refractivity contribution in [3.05, 3.63) is 58.2 Å². The van der Waals surface area contributed by atoms with Gasteiger partial charge in [-0.05, 0) is 49.9 Å². The standard InChI is InChI=1S/C24H29ClN4O2/c1-15-7-8-20(27-23(31)29-9-5-4-6-10-29)19(11-15)24(2,3)22(30)18-13-17(25)12-16-14-26-28-21(16)18/h7-8,11-14,22,30H,4-6,9-10H2,1-3H3,(H,26,28)(H,27,31). The van der Waals surface area contributed by atoms with Crippen LogP contribution in [0.25, 0.3) is 10.9 Å². The Hall–Kier alpha value is -2.57. The molecule has 2 heterocycles. The van der Waals surface area contributed by atoms with Gasteiger partial charge in [0.1, 0.15) is 0 Å². The highest BCUT2D eigenvalue weighted by Gasteiger charge is 2.35. The molecule has 2 amide bonds. The first-order chi connectivity index (χ1) is 14.8. The summed E-state index contributed by atoms with van der Waals surface area (Å²) in [6.07, 6.45) is 4.06. The van der Waals surface area contributed by atoms with Gasteiger partial charge in [-0.15, -0.1) is 0 Å². The fourth-order valence-electron chi connectivity index (χ4n) is 4.39. The van der Waals surface area contributed by atoms with E-state index in [1.165, 1.54) is 6.42 Å². The minimum atomic E-state index is -0.874. The highest BCUT2D eigenvalue weighted by molar-refractivity contribution is 6.31. The van der Waals surface area contributed by atoms with E-state index in [2.05, 4.69) is 15.5 Å². The van der Waals surface area contributed by atoms with E-state index in [1.54, 1.807) is 12.3 Å². The van der Waals surface area contributed by atoms with E-state index in [1.807, 2.05) is 49.9 Å². The van der Waals surface area contributed by atoms with Crippen LogP contribution in [0.2, 0.25) is 5.02 Å². The number of H-pyrrole nitrogens is 1. The molecule has 7 heteroatoms. The summed E-state index contributed by atoms with van der Waals surface area (Å²) in [6.45, 7) is 7.52. The van der Waals surface area contributed by atoms with E-state index in [-0.39, 0.29) is 6.03 Å².